The Morgan fingerprint density at radius 1 is 1.12 bits per heavy atom. The van der Waals surface area contributed by atoms with Gasteiger partial charge in [-0.15, -0.1) is 0 Å². The summed E-state index contributed by atoms with van der Waals surface area (Å²) in [5.41, 5.74) is 2.84. The smallest absolute Gasteiger partial charge is 0.199 e. The Balaban J connectivity index is 1.96. The van der Waals surface area contributed by atoms with Crippen LogP contribution >= 0.6 is 15.9 Å². The molecule has 0 N–H and O–H groups in total. The molecule has 2 heterocycles. The lowest BCUT2D eigenvalue weighted by atomic mass is 10.2. The van der Waals surface area contributed by atoms with E-state index in [0.717, 1.165) is 27.0 Å². The van der Waals surface area contributed by atoms with E-state index in [1.807, 2.05) is 30.3 Å². The number of aromatic nitrogens is 2. The second-order valence-corrected chi connectivity index (χ2v) is 4.67. The maximum atomic E-state index is 5.67. The molecule has 0 aliphatic heterocycles. The standard InChI is InChI=1S/C13H9BrN2O/c14-10-1-2-12-11(8-10)16-13(17-12)7-9-3-5-15-6-4-9/h1-6,8H,7H2. The maximum Gasteiger partial charge on any atom is 0.199 e. The molecule has 0 atom stereocenters. The first-order valence-corrected chi connectivity index (χ1v) is 6.04. The van der Waals surface area contributed by atoms with E-state index < -0.39 is 0 Å². The summed E-state index contributed by atoms with van der Waals surface area (Å²) in [5, 5.41) is 0. The quantitative estimate of drug-likeness (QED) is 0.724. The third kappa shape index (κ3) is 2.22. The Morgan fingerprint density at radius 2 is 1.94 bits per heavy atom. The van der Waals surface area contributed by atoms with Crippen LogP contribution in [0.5, 0.6) is 0 Å². The molecule has 0 aliphatic carbocycles. The van der Waals surface area contributed by atoms with Crippen molar-refractivity contribution in [2.45, 2.75) is 6.42 Å². The van der Waals surface area contributed by atoms with E-state index in [0.29, 0.717) is 6.42 Å². The van der Waals surface area contributed by atoms with Gasteiger partial charge in [0.25, 0.3) is 0 Å². The first-order valence-electron chi connectivity index (χ1n) is 5.25. The zero-order chi connectivity index (χ0) is 11.7. The highest BCUT2D eigenvalue weighted by molar-refractivity contribution is 9.10. The molecule has 0 saturated carbocycles. The summed E-state index contributed by atoms with van der Waals surface area (Å²) in [6.07, 6.45) is 4.23. The molecule has 17 heavy (non-hydrogen) atoms. The van der Waals surface area contributed by atoms with Gasteiger partial charge in [0.1, 0.15) is 5.52 Å². The SMILES string of the molecule is Brc1ccc2oc(Cc3ccncc3)nc2c1. The van der Waals surface area contributed by atoms with E-state index in [9.17, 15) is 0 Å². The van der Waals surface area contributed by atoms with E-state index in [1.54, 1.807) is 12.4 Å². The van der Waals surface area contributed by atoms with Crippen LogP contribution in [-0.2, 0) is 6.42 Å². The van der Waals surface area contributed by atoms with E-state index in [2.05, 4.69) is 25.9 Å². The minimum Gasteiger partial charge on any atom is -0.440 e. The monoisotopic (exact) mass is 288 g/mol. The van der Waals surface area contributed by atoms with Crippen molar-refractivity contribution in [3.05, 3.63) is 58.7 Å². The highest BCUT2D eigenvalue weighted by Crippen LogP contribution is 2.21. The van der Waals surface area contributed by atoms with Gasteiger partial charge in [0.05, 0.1) is 0 Å². The molecule has 0 unspecified atom stereocenters. The van der Waals surface area contributed by atoms with Crippen LogP contribution in [-0.4, -0.2) is 9.97 Å². The fraction of sp³-hybridized carbons (Fsp3) is 0.0769. The summed E-state index contributed by atoms with van der Waals surface area (Å²) in [6.45, 7) is 0. The molecule has 3 aromatic rings. The average molecular weight is 289 g/mol. The van der Waals surface area contributed by atoms with Crippen LogP contribution in [0.3, 0.4) is 0 Å². The van der Waals surface area contributed by atoms with Gasteiger partial charge in [0.2, 0.25) is 0 Å². The summed E-state index contributed by atoms with van der Waals surface area (Å²) in [6, 6.07) is 9.75. The number of oxazole rings is 1. The predicted octanol–water partition coefficient (Wildman–Crippen LogP) is 3.58. The topological polar surface area (TPSA) is 38.9 Å². The molecule has 4 heteroatoms. The lowest BCUT2D eigenvalue weighted by Gasteiger charge is -1.94. The third-order valence-corrected chi connectivity index (χ3v) is 2.99. The summed E-state index contributed by atoms with van der Waals surface area (Å²) in [5.74, 6) is 0.726. The number of hydrogen-bond donors (Lipinski definition) is 0. The van der Waals surface area contributed by atoms with Crippen molar-refractivity contribution in [3.8, 4) is 0 Å². The van der Waals surface area contributed by atoms with Gasteiger partial charge in [0, 0.05) is 23.3 Å². The number of pyridine rings is 1. The zero-order valence-corrected chi connectivity index (χ0v) is 10.5. The van der Waals surface area contributed by atoms with Crippen LogP contribution in [0.25, 0.3) is 11.1 Å². The van der Waals surface area contributed by atoms with Crippen molar-refractivity contribution < 1.29 is 4.42 Å². The van der Waals surface area contributed by atoms with Crippen LogP contribution in [0.4, 0.5) is 0 Å². The number of halogens is 1. The zero-order valence-electron chi connectivity index (χ0n) is 8.93. The summed E-state index contributed by atoms with van der Waals surface area (Å²) < 4.78 is 6.68. The fourth-order valence-electron chi connectivity index (χ4n) is 1.70. The minimum absolute atomic E-state index is 0.689. The van der Waals surface area contributed by atoms with Gasteiger partial charge in [0.15, 0.2) is 11.5 Å². The first-order chi connectivity index (χ1) is 8.31. The van der Waals surface area contributed by atoms with Gasteiger partial charge < -0.3 is 4.42 Å². The Bertz CT molecular complexity index is 649. The Labute approximate surface area is 107 Å². The molecular weight excluding hydrogens is 280 g/mol. The molecule has 0 aliphatic rings. The van der Waals surface area contributed by atoms with Crippen molar-refractivity contribution in [1.29, 1.82) is 0 Å². The largest absolute Gasteiger partial charge is 0.440 e. The third-order valence-electron chi connectivity index (χ3n) is 2.50. The number of benzene rings is 1. The summed E-state index contributed by atoms with van der Waals surface area (Å²) in [7, 11) is 0. The lowest BCUT2D eigenvalue weighted by molar-refractivity contribution is 0.544. The van der Waals surface area contributed by atoms with E-state index in [1.165, 1.54) is 0 Å². The van der Waals surface area contributed by atoms with Crippen LogP contribution in [0.15, 0.2) is 51.6 Å². The van der Waals surface area contributed by atoms with Crippen molar-refractivity contribution in [3.63, 3.8) is 0 Å². The van der Waals surface area contributed by atoms with Gasteiger partial charge >= 0.3 is 0 Å². The second kappa shape index (κ2) is 4.30. The minimum atomic E-state index is 0.689. The highest BCUT2D eigenvalue weighted by Gasteiger charge is 2.06. The number of rotatable bonds is 2. The Hall–Kier alpha value is -1.68. The van der Waals surface area contributed by atoms with E-state index in [-0.39, 0.29) is 0 Å². The van der Waals surface area contributed by atoms with Gasteiger partial charge in [-0.05, 0) is 35.9 Å². The second-order valence-electron chi connectivity index (χ2n) is 3.75. The van der Waals surface area contributed by atoms with E-state index in [4.69, 9.17) is 4.42 Å². The molecule has 0 amide bonds. The van der Waals surface area contributed by atoms with Crippen LogP contribution in [0.1, 0.15) is 11.5 Å². The Morgan fingerprint density at radius 3 is 2.76 bits per heavy atom. The molecule has 84 valence electrons. The molecule has 0 saturated heterocycles. The molecule has 0 bridgehead atoms. The van der Waals surface area contributed by atoms with Gasteiger partial charge in [-0.25, -0.2) is 4.98 Å². The number of fused-ring (bicyclic) bond motifs is 1. The molecule has 3 nitrogen and oxygen atoms in total. The lowest BCUT2D eigenvalue weighted by Crippen LogP contribution is -1.87. The van der Waals surface area contributed by atoms with Gasteiger partial charge in [-0.1, -0.05) is 15.9 Å². The van der Waals surface area contributed by atoms with Crippen molar-refractivity contribution in [2.24, 2.45) is 0 Å². The van der Waals surface area contributed by atoms with Crippen molar-refractivity contribution in [1.82, 2.24) is 9.97 Å². The molecule has 2 aromatic heterocycles. The molecule has 3 rings (SSSR count). The highest BCUT2D eigenvalue weighted by atomic mass is 79.9. The van der Waals surface area contributed by atoms with Crippen LogP contribution in [0.2, 0.25) is 0 Å². The van der Waals surface area contributed by atoms with Crippen molar-refractivity contribution >= 4 is 27.0 Å². The average Bonchev–Trinajstić information content (AvgIpc) is 2.71. The molecule has 0 radical (unpaired) electrons. The fourth-order valence-corrected chi connectivity index (χ4v) is 2.05. The van der Waals surface area contributed by atoms with Crippen molar-refractivity contribution in [2.75, 3.05) is 0 Å². The number of nitrogens with zero attached hydrogens (tertiary/aromatic N) is 2. The summed E-state index contributed by atoms with van der Waals surface area (Å²) in [4.78, 5) is 8.44. The van der Waals surface area contributed by atoms with E-state index >= 15 is 0 Å². The van der Waals surface area contributed by atoms with Gasteiger partial charge in [-0.3, -0.25) is 4.98 Å². The predicted molar refractivity (Wildman–Crippen MR) is 68.8 cm³/mol. The van der Waals surface area contributed by atoms with Crippen LogP contribution in [0, 0.1) is 0 Å². The summed E-state index contributed by atoms with van der Waals surface area (Å²) >= 11 is 3.42. The van der Waals surface area contributed by atoms with Gasteiger partial charge in [-0.2, -0.15) is 0 Å². The Kier molecular flexibility index (Phi) is 2.65. The molecule has 1 aromatic carbocycles. The number of hydrogen-bond acceptors (Lipinski definition) is 3. The van der Waals surface area contributed by atoms with Crippen LogP contribution < -0.4 is 0 Å². The molecule has 0 spiro atoms. The molecule has 0 fully saturated rings. The first kappa shape index (κ1) is 10.5. The normalized spacial score (nSPS) is 10.9. The maximum absolute atomic E-state index is 5.67. The molecular formula is C13H9BrN2O.